The van der Waals surface area contributed by atoms with Crippen molar-refractivity contribution < 1.29 is 92.5 Å². The van der Waals surface area contributed by atoms with E-state index < -0.39 is 121 Å². The zero-order valence-electron chi connectivity index (χ0n) is 26.4. The molecule has 0 amide bonds. The number of carbonyl (C=O) groups is 3. The number of hydrogen-bond donors (Lipinski definition) is 2. The largest absolute Gasteiger partial charge is 0.458 e. The Morgan fingerprint density at radius 2 is 1.48 bits per heavy atom. The van der Waals surface area contributed by atoms with E-state index in [4.69, 9.17) is 28.4 Å². The minimum atomic E-state index is -6.30. The topological polar surface area (TPSA) is 147 Å². The maximum Gasteiger partial charge on any atom is 0.428 e. The number of rotatable bonds is 13. The van der Waals surface area contributed by atoms with Crippen molar-refractivity contribution in [2.75, 3.05) is 13.2 Å². The maximum absolute atomic E-state index is 13.8. The average molecular weight is 719 g/mol. The van der Waals surface area contributed by atoms with Crippen molar-refractivity contribution >= 4 is 17.9 Å². The molecule has 0 aliphatic carbocycles. The van der Waals surface area contributed by atoms with Gasteiger partial charge in [0.25, 0.3) is 5.60 Å². The predicted molar refractivity (Wildman–Crippen MR) is 139 cm³/mol. The lowest BCUT2D eigenvalue weighted by Crippen LogP contribution is -2.62. The second kappa shape index (κ2) is 12.3. The quantitative estimate of drug-likeness (QED) is 0.0947. The summed E-state index contributed by atoms with van der Waals surface area (Å²) in [6.45, 7) is 5.20. The Morgan fingerprint density at radius 3 is 1.96 bits per heavy atom. The van der Waals surface area contributed by atoms with Crippen LogP contribution < -0.4 is 0 Å². The van der Waals surface area contributed by atoms with Crippen molar-refractivity contribution in [3.63, 3.8) is 0 Å². The molecule has 276 valence electrons. The van der Waals surface area contributed by atoms with Crippen LogP contribution in [0.3, 0.4) is 0 Å². The molecule has 3 heterocycles. The van der Waals surface area contributed by atoms with Crippen LogP contribution in [0.1, 0.15) is 54.4 Å². The highest BCUT2D eigenvalue weighted by Crippen LogP contribution is 2.56. The molecule has 0 radical (unpaired) electrons. The molecule has 0 aromatic heterocycles. The Bertz CT molecular complexity index is 1270. The highest BCUT2D eigenvalue weighted by Gasteiger charge is 2.78. The monoisotopic (exact) mass is 718 g/mol. The Hall–Kier alpha value is -2.68. The number of aliphatic hydroxyl groups is 2. The van der Waals surface area contributed by atoms with Gasteiger partial charge in [-0.3, -0.25) is 9.59 Å². The molecule has 3 aliphatic rings. The van der Waals surface area contributed by atoms with Gasteiger partial charge in [-0.15, -0.1) is 0 Å². The summed E-state index contributed by atoms with van der Waals surface area (Å²) in [5.41, 5.74) is -15.4. The van der Waals surface area contributed by atoms with E-state index in [1.807, 2.05) is 0 Å². The van der Waals surface area contributed by atoms with Crippen LogP contribution in [0.2, 0.25) is 0 Å². The normalized spacial score (nSPS) is 28.1. The summed E-state index contributed by atoms with van der Waals surface area (Å²) in [5, 5.41) is 19.4. The minimum Gasteiger partial charge on any atom is -0.458 e. The summed E-state index contributed by atoms with van der Waals surface area (Å²) in [7, 11) is 0. The molecule has 11 nitrogen and oxygen atoms in total. The molecular weight excluding hydrogens is 683 g/mol. The Labute approximate surface area is 267 Å². The number of hydrogen-bond acceptors (Lipinski definition) is 11. The van der Waals surface area contributed by atoms with Crippen molar-refractivity contribution in [2.24, 2.45) is 5.41 Å². The fourth-order valence-electron chi connectivity index (χ4n) is 5.22. The molecule has 3 rings (SSSR count). The van der Waals surface area contributed by atoms with Gasteiger partial charge >= 0.3 is 36.4 Å². The molecule has 2 N–H and O–H groups in total. The van der Waals surface area contributed by atoms with Crippen LogP contribution in [0.15, 0.2) is 12.2 Å². The molecule has 3 aliphatic heterocycles. The van der Waals surface area contributed by atoms with Gasteiger partial charge in [0.2, 0.25) is 0 Å². The summed E-state index contributed by atoms with van der Waals surface area (Å²) in [6, 6.07) is 0. The third-order valence-corrected chi connectivity index (χ3v) is 8.53. The fourth-order valence-corrected chi connectivity index (χ4v) is 5.22. The molecular formula is C28H35F9O11. The molecule has 7 atom stereocenters. The average Bonchev–Trinajstić information content (AvgIpc) is 3.51. The van der Waals surface area contributed by atoms with E-state index in [9.17, 15) is 64.1 Å². The second-order valence-corrected chi connectivity index (χ2v) is 13.5. The zero-order chi connectivity index (χ0) is 37.3. The molecule has 48 heavy (non-hydrogen) atoms. The molecule has 20 heteroatoms. The highest BCUT2D eigenvalue weighted by atomic mass is 19.4. The second-order valence-electron chi connectivity index (χ2n) is 13.5. The SMILES string of the molecule is C=C(C)C(=O)OC1C2CC3(C(=O)OC(CC(C)(C)OCC(C)(O)C(F)(F)F)C(C)(C)OCC(O)(C(F)(F)F)C(F)(F)F)C(=O)OC1C3O2. The van der Waals surface area contributed by atoms with Gasteiger partial charge in [0, 0.05) is 18.4 Å². The number of fused-ring (bicyclic) bond motifs is 1. The minimum absolute atomic E-state index is 0.0117. The number of esters is 3. The van der Waals surface area contributed by atoms with E-state index in [0.717, 1.165) is 27.7 Å². The van der Waals surface area contributed by atoms with Gasteiger partial charge in [-0.2, -0.15) is 39.5 Å². The van der Waals surface area contributed by atoms with Crippen molar-refractivity contribution in [1.29, 1.82) is 0 Å². The van der Waals surface area contributed by atoms with Gasteiger partial charge < -0.3 is 38.6 Å². The van der Waals surface area contributed by atoms with E-state index in [2.05, 4.69) is 6.58 Å². The first-order chi connectivity index (χ1) is 21.3. The molecule has 0 aromatic carbocycles. The van der Waals surface area contributed by atoms with Crippen molar-refractivity contribution in [3.05, 3.63) is 12.2 Å². The van der Waals surface area contributed by atoms with E-state index in [1.54, 1.807) is 0 Å². The van der Waals surface area contributed by atoms with Gasteiger partial charge in [0.15, 0.2) is 23.2 Å². The Morgan fingerprint density at radius 1 is 0.938 bits per heavy atom. The predicted octanol–water partition coefficient (Wildman–Crippen LogP) is 3.62. The summed E-state index contributed by atoms with van der Waals surface area (Å²) >= 11 is 0. The first-order valence-corrected chi connectivity index (χ1v) is 14.2. The molecule has 0 aromatic rings. The van der Waals surface area contributed by atoms with E-state index in [-0.39, 0.29) is 5.57 Å². The smallest absolute Gasteiger partial charge is 0.428 e. The molecule has 2 bridgehead atoms. The maximum atomic E-state index is 13.8. The number of carbonyl (C=O) groups excluding carboxylic acids is 3. The fraction of sp³-hybridized carbons (Fsp3) is 0.821. The van der Waals surface area contributed by atoms with Gasteiger partial charge in [0.05, 0.1) is 24.4 Å². The third-order valence-electron chi connectivity index (χ3n) is 8.53. The summed E-state index contributed by atoms with van der Waals surface area (Å²) in [5.74, 6) is -3.53. The lowest BCUT2D eigenvalue weighted by molar-refractivity contribution is -0.384. The molecule has 3 saturated heterocycles. The number of ether oxygens (including phenoxy) is 6. The molecule has 3 fully saturated rings. The Kier molecular flexibility index (Phi) is 10.2. The van der Waals surface area contributed by atoms with Gasteiger partial charge in [-0.05, 0) is 41.5 Å². The van der Waals surface area contributed by atoms with Crippen LogP contribution in [0, 0.1) is 5.41 Å². The van der Waals surface area contributed by atoms with Gasteiger partial charge in [-0.25, -0.2) is 4.79 Å². The van der Waals surface area contributed by atoms with Gasteiger partial charge in [-0.1, -0.05) is 6.58 Å². The third kappa shape index (κ3) is 7.13. The van der Waals surface area contributed by atoms with Crippen molar-refractivity contribution in [1.82, 2.24) is 0 Å². The first kappa shape index (κ1) is 39.8. The van der Waals surface area contributed by atoms with Crippen LogP contribution in [-0.2, 0) is 42.8 Å². The summed E-state index contributed by atoms with van der Waals surface area (Å²) in [4.78, 5) is 38.9. The standard InChI is InChI=1S/C28H35F9O11/c1-12(2)18(38)47-15-13-8-24(17(45-13)16(15)48-20(24)40)19(39)46-14(9-21(3,4)43-10-23(7,41)26(29,30)31)22(5,6)44-11-25(42,27(32,33)34)28(35,36)37/h13-17,41-42H,1,8-11H2,2-7H3. The lowest BCUT2D eigenvalue weighted by atomic mass is 9.74. The zero-order valence-corrected chi connectivity index (χ0v) is 26.4. The van der Waals surface area contributed by atoms with Crippen LogP contribution in [0.25, 0.3) is 0 Å². The van der Waals surface area contributed by atoms with Crippen LogP contribution in [0.5, 0.6) is 0 Å². The lowest BCUT2D eigenvalue weighted by Gasteiger charge is -2.42. The number of halogens is 9. The molecule has 0 saturated carbocycles. The van der Waals surface area contributed by atoms with E-state index in [0.29, 0.717) is 6.92 Å². The van der Waals surface area contributed by atoms with E-state index in [1.165, 1.54) is 6.92 Å². The highest BCUT2D eigenvalue weighted by molar-refractivity contribution is 6.03. The van der Waals surface area contributed by atoms with Gasteiger partial charge in [0.1, 0.15) is 18.3 Å². The molecule has 0 spiro atoms. The van der Waals surface area contributed by atoms with Crippen molar-refractivity contribution in [3.8, 4) is 0 Å². The van der Waals surface area contributed by atoms with Crippen LogP contribution in [0.4, 0.5) is 39.5 Å². The van der Waals surface area contributed by atoms with Crippen molar-refractivity contribution in [2.45, 2.75) is 126 Å². The summed E-state index contributed by atoms with van der Waals surface area (Å²) < 4.78 is 152. The van der Waals surface area contributed by atoms with Crippen LogP contribution >= 0.6 is 0 Å². The van der Waals surface area contributed by atoms with E-state index >= 15 is 0 Å². The first-order valence-electron chi connectivity index (χ1n) is 14.2. The number of alkyl halides is 9. The molecule has 7 unspecified atom stereocenters. The Balaban J connectivity index is 1.93. The van der Waals surface area contributed by atoms with Crippen LogP contribution in [-0.4, -0.2) is 113 Å². The summed E-state index contributed by atoms with van der Waals surface area (Å²) in [6.07, 6.45) is -26.1.